The quantitative estimate of drug-likeness (QED) is 0.793. The van der Waals surface area contributed by atoms with Gasteiger partial charge in [-0.15, -0.1) is 11.3 Å². The third-order valence-electron chi connectivity index (χ3n) is 3.68. The molecule has 2 heterocycles. The Balaban J connectivity index is 2.14. The highest BCUT2D eigenvalue weighted by atomic mass is 32.1. The fourth-order valence-corrected chi connectivity index (χ4v) is 3.68. The van der Waals surface area contributed by atoms with Gasteiger partial charge in [0, 0.05) is 17.9 Å². The maximum absolute atomic E-state index is 11.9. The zero-order chi connectivity index (χ0) is 15.1. The van der Waals surface area contributed by atoms with Crippen LogP contribution < -0.4 is 16.8 Å². The Morgan fingerprint density at radius 3 is 2.62 bits per heavy atom. The van der Waals surface area contributed by atoms with Gasteiger partial charge < -0.3 is 16.8 Å². The third-order valence-corrected chi connectivity index (χ3v) is 4.83. The second-order valence-electron chi connectivity index (χ2n) is 5.17. The molecule has 1 aromatic carbocycles. The van der Waals surface area contributed by atoms with Crippen LogP contribution in [-0.4, -0.2) is 11.8 Å². The van der Waals surface area contributed by atoms with Crippen molar-refractivity contribution in [2.45, 2.75) is 19.3 Å². The lowest BCUT2D eigenvalue weighted by Gasteiger charge is -2.23. The predicted molar refractivity (Wildman–Crippen MR) is 83.5 cm³/mol. The maximum Gasteiger partial charge on any atom is 0.260 e. The monoisotopic (exact) mass is 301 g/mol. The fraction of sp³-hybridized carbons (Fsp3) is 0.200. The molecule has 5 N–H and O–H groups in total. The smallest absolute Gasteiger partial charge is 0.260 e. The number of rotatable bonds is 2. The first-order valence-electron chi connectivity index (χ1n) is 6.55. The minimum atomic E-state index is -0.566. The fourth-order valence-electron chi connectivity index (χ4n) is 2.63. The number of carbonyl (C=O) groups excluding carboxylic acids is 2. The Bertz CT molecular complexity index is 734. The predicted octanol–water partition coefficient (Wildman–Crippen LogP) is 2.21. The van der Waals surface area contributed by atoms with E-state index in [0.717, 1.165) is 28.0 Å². The van der Waals surface area contributed by atoms with Crippen molar-refractivity contribution in [1.82, 2.24) is 0 Å². The number of amides is 2. The summed E-state index contributed by atoms with van der Waals surface area (Å²) in [6.07, 6.45) is 0.315. The molecule has 0 saturated carbocycles. The molecule has 2 aromatic rings. The van der Waals surface area contributed by atoms with Gasteiger partial charge in [0.25, 0.3) is 5.91 Å². The number of hydrogen-bond donors (Lipinski definition) is 3. The van der Waals surface area contributed by atoms with Gasteiger partial charge in [-0.1, -0.05) is 29.8 Å². The zero-order valence-electron chi connectivity index (χ0n) is 11.5. The van der Waals surface area contributed by atoms with Gasteiger partial charge >= 0.3 is 0 Å². The highest BCUT2D eigenvalue weighted by molar-refractivity contribution is 7.19. The average molecular weight is 301 g/mol. The lowest BCUT2D eigenvalue weighted by molar-refractivity contribution is -0.116. The number of carbonyl (C=O) groups is 2. The third kappa shape index (κ3) is 2.27. The van der Waals surface area contributed by atoms with Gasteiger partial charge in [-0.2, -0.15) is 0 Å². The number of nitrogens with one attached hydrogen (secondary N) is 1. The lowest BCUT2D eigenvalue weighted by Crippen LogP contribution is -2.22. The molecule has 0 fully saturated rings. The standard InChI is InChI=1S/C15H15N3O2S/c1-7-2-4-8(5-3-7)9-6-10(19)18-15-11(9)12(16)13(21-15)14(17)20/h2-5,9H,6,16H2,1H3,(H2,17,20)(H,18,19)/t9-/m1/s1. The van der Waals surface area contributed by atoms with Gasteiger partial charge in [-0.3, -0.25) is 9.59 Å². The molecule has 1 aliphatic heterocycles. The highest BCUT2D eigenvalue weighted by Gasteiger charge is 2.32. The van der Waals surface area contributed by atoms with Gasteiger partial charge in [0.2, 0.25) is 5.91 Å². The van der Waals surface area contributed by atoms with Crippen LogP contribution in [0, 0.1) is 6.92 Å². The Kier molecular flexibility index (Phi) is 3.17. The van der Waals surface area contributed by atoms with Crippen molar-refractivity contribution in [3.8, 4) is 0 Å². The van der Waals surface area contributed by atoms with E-state index in [2.05, 4.69) is 5.32 Å². The van der Waals surface area contributed by atoms with E-state index in [-0.39, 0.29) is 11.8 Å². The summed E-state index contributed by atoms with van der Waals surface area (Å²) in [6.45, 7) is 2.01. The summed E-state index contributed by atoms with van der Waals surface area (Å²) in [7, 11) is 0. The largest absolute Gasteiger partial charge is 0.397 e. The molecule has 21 heavy (non-hydrogen) atoms. The van der Waals surface area contributed by atoms with Crippen LogP contribution in [0.3, 0.4) is 0 Å². The Morgan fingerprint density at radius 2 is 2.00 bits per heavy atom. The maximum atomic E-state index is 11.9. The summed E-state index contributed by atoms with van der Waals surface area (Å²) in [5.41, 5.74) is 14.8. The van der Waals surface area contributed by atoms with Crippen molar-refractivity contribution < 1.29 is 9.59 Å². The lowest BCUT2D eigenvalue weighted by atomic mass is 9.86. The van der Waals surface area contributed by atoms with E-state index in [1.54, 1.807) is 0 Å². The van der Waals surface area contributed by atoms with Crippen LogP contribution in [0.5, 0.6) is 0 Å². The van der Waals surface area contributed by atoms with Crippen LogP contribution in [0.1, 0.15) is 38.7 Å². The molecule has 5 nitrogen and oxygen atoms in total. The number of nitrogens with two attached hydrogens (primary N) is 2. The minimum Gasteiger partial charge on any atom is -0.397 e. The summed E-state index contributed by atoms with van der Waals surface area (Å²) in [5, 5.41) is 3.41. The second-order valence-corrected chi connectivity index (χ2v) is 6.19. The van der Waals surface area contributed by atoms with Gasteiger partial charge in [0.15, 0.2) is 0 Å². The molecule has 1 aromatic heterocycles. The SMILES string of the molecule is Cc1ccc([C@H]2CC(=O)Nc3sc(C(N)=O)c(N)c32)cc1. The molecular weight excluding hydrogens is 286 g/mol. The summed E-state index contributed by atoms with van der Waals surface area (Å²) in [4.78, 5) is 23.7. The molecule has 1 atom stereocenters. The van der Waals surface area contributed by atoms with Gasteiger partial charge in [-0.05, 0) is 12.5 Å². The summed E-state index contributed by atoms with van der Waals surface area (Å²) in [5.74, 6) is -0.784. The summed E-state index contributed by atoms with van der Waals surface area (Å²) in [6, 6.07) is 7.98. The van der Waals surface area contributed by atoms with Crippen molar-refractivity contribution in [2.75, 3.05) is 11.1 Å². The van der Waals surface area contributed by atoms with Crippen LogP contribution in [0.2, 0.25) is 0 Å². The molecule has 0 spiro atoms. The Hall–Kier alpha value is -2.34. The molecule has 0 bridgehead atoms. The number of thiophene rings is 1. The molecule has 3 rings (SSSR count). The summed E-state index contributed by atoms with van der Waals surface area (Å²) >= 11 is 1.14. The van der Waals surface area contributed by atoms with E-state index < -0.39 is 5.91 Å². The molecule has 1 aliphatic rings. The van der Waals surface area contributed by atoms with Crippen molar-refractivity contribution in [1.29, 1.82) is 0 Å². The number of benzene rings is 1. The number of aryl methyl sites for hydroxylation is 1. The zero-order valence-corrected chi connectivity index (χ0v) is 12.3. The molecule has 0 unspecified atom stereocenters. The number of hydrogen-bond acceptors (Lipinski definition) is 4. The van der Waals surface area contributed by atoms with Crippen molar-refractivity contribution in [3.63, 3.8) is 0 Å². The van der Waals surface area contributed by atoms with Gasteiger partial charge in [0.05, 0.1) is 5.69 Å². The first kappa shape index (κ1) is 13.6. The van der Waals surface area contributed by atoms with Gasteiger partial charge in [0.1, 0.15) is 9.88 Å². The van der Waals surface area contributed by atoms with E-state index in [0.29, 0.717) is 22.0 Å². The molecule has 0 radical (unpaired) electrons. The first-order valence-corrected chi connectivity index (χ1v) is 7.37. The van der Waals surface area contributed by atoms with Crippen molar-refractivity contribution in [3.05, 3.63) is 45.8 Å². The van der Waals surface area contributed by atoms with Gasteiger partial charge in [-0.25, -0.2) is 0 Å². The topological polar surface area (TPSA) is 98.2 Å². The Labute approximate surface area is 126 Å². The van der Waals surface area contributed by atoms with Crippen LogP contribution in [0.15, 0.2) is 24.3 Å². The van der Waals surface area contributed by atoms with Crippen LogP contribution in [0.25, 0.3) is 0 Å². The minimum absolute atomic E-state index is 0.0784. The van der Waals surface area contributed by atoms with Crippen molar-refractivity contribution >= 4 is 33.8 Å². The molecule has 0 saturated heterocycles. The second kappa shape index (κ2) is 4.89. The van der Waals surface area contributed by atoms with E-state index in [1.807, 2.05) is 31.2 Å². The average Bonchev–Trinajstić information content (AvgIpc) is 2.76. The Morgan fingerprint density at radius 1 is 1.33 bits per heavy atom. The molecule has 2 amide bonds. The molecule has 6 heteroatoms. The summed E-state index contributed by atoms with van der Waals surface area (Å²) < 4.78 is 0. The van der Waals surface area contributed by atoms with Crippen molar-refractivity contribution in [2.24, 2.45) is 5.73 Å². The first-order chi connectivity index (χ1) is 9.97. The van der Waals surface area contributed by atoms with E-state index in [4.69, 9.17) is 11.5 Å². The van der Waals surface area contributed by atoms with Crippen LogP contribution >= 0.6 is 11.3 Å². The number of primary amides is 1. The number of anilines is 2. The van der Waals surface area contributed by atoms with Crippen LogP contribution in [-0.2, 0) is 4.79 Å². The molecule has 0 aliphatic carbocycles. The number of nitrogen functional groups attached to an aromatic ring is 1. The van der Waals surface area contributed by atoms with E-state index in [9.17, 15) is 9.59 Å². The van der Waals surface area contributed by atoms with Crippen LogP contribution in [0.4, 0.5) is 10.7 Å². The van der Waals surface area contributed by atoms with E-state index in [1.165, 1.54) is 0 Å². The number of fused-ring (bicyclic) bond motifs is 1. The molecule has 108 valence electrons. The highest BCUT2D eigenvalue weighted by Crippen LogP contribution is 2.46. The molecular formula is C15H15N3O2S. The van der Waals surface area contributed by atoms with E-state index >= 15 is 0 Å². The normalized spacial score (nSPS) is 17.2.